The van der Waals surface area contributed by atoms with Crippen LogP contribution in [0.1, 0.15) is 121 Å². The van der Waals surface area contributed by atoms with E-state index in [1.54, 1.807) is 0 Å². The fourth-order valence-corrected chi connectivity index (χ4v) is 9.41. The molecule has 5 aromatic rings. The first-order chi connectivity index (χ1) is 28.3. The number of rotatable bonds is 11. The predicted molar refractivity (Wildman–Crippen MR) is 222 cm³/mol. The lowest BCUT2D eigenvalue weighted by Crippen LogP contribution is -2.42. The van der Waals surface area contributed by atoms with Gasteiger partial charge >= 0.3 is 6.09 Å². The molecule has 4 atom stereocenters. The van der Waals surface area contributed by atoms with Crippen molar-refractivity contribution in [2.45, 2.75) is 87.4 Å². The zero-order valence-corrected chi connectivity index (χ0v) is 33.6. The summed E-state index contributed by atoms with van der Waals surface area (Å²) in [5.74, 6) is 2.51. The molecule has 3 amide bonds. The lowest BCUT2D eigenvalue weighted by molar-refractivity contribution is -0.137. The number of benzene rings is 3. The molecule has 12 heteroatoms. The number of carbonyl (C=O) groups excluding carboxylic acids is 3. The number of aromatic amines is 2. The summed E-state index contributed by atoms with van der Waals surface area (Å²) in [7, 11) is 5.24. The van der Waals surface area contributed by atoms with E-state index < -0.39 is 12.1 Å². The Bertz CT molecular complexity index is 2160. The van der Waals surface area contributed by atoms with Crippen molar-refractivity contribution >= 4 is 17.9 Å². The summed E-state index contributed by atoms with van der Waals surface area (Å²) in [5.41, 5.74) is 6.20. The van der Waals surface area contributed by atoms with Gasteiger partial charge in [0.2, 0.25) is 5.91 Å². The minimum atomic E-state index is -0.857. The van der Waals surface area contributed by atoms with Gasteiger partial charge in [0, 0.05) is 30.9 Å². The van der Waals surface area contributed by atoms with Crippen molar-refractivity contribution in [1.29, 1.82) is 0 Å². The molecule has 2 saturated heterocycles. The number of methoxy groups -OCH3 is 1. The summed E-state index contributed by atoms with van der Waals surface area (Å²) in [6.45, 7) is 1.33. The molecule has 0 bridgehead atoms. The van der Waals surface area contributed by atoms with Crippen LogP contribution in [0.3, 0.4) is 0 Å². The van der Waals surface area contributed by atoms with Crippen molar-refractivity contribution in [3.05, 3.63) is 131 Å². The summed E-state index contributed by atoms with van der Waals surface area (Å²) in [5, 5.41) is 2.73. The second-order valence-electron chi connectivity index (χ2n) is 16.2. The Morgan fingerprint density at radius 3 is 1.90 bits per heavy atom. The normalized spacial score (nSPS) is 21.9. The molecule has 2 aliphatic heterocycles. The van der Waals surface area contributed by atoms with E-state index in [0.29, 0.717) is 23.9 Å². The van der Waals surface area contributed by atoms with Crippen molar-refractivity contribution in [2.75, 3.05) is 34.3 Å². The summed E-state index contributed by atoms with van der Waals surface area (Å²) in [6.07, 6.45) is 11.1. The van der Waals surface area contributed by atoms with Gasteiger partial charge in [-0.2, -0.15) is 0 Å². The van der Waals surface area contributed by atoms with E-state index >= 15 is 0 Å². The second kappa shape index (κ2) is 17.4. The number of aromatic nitrogens is 4. The fourth-order valence-electron chi connectivity index (χ4n) is 9.41. The number of nitrogens with one attached hydrogen (secondary N) is 3. The zero-order chi connectivity index (χ0) is 40.2. The molecule has 0 radical (unpaired) electrons. The smallest absolute Gasteiger partial charge is 0.407 e. The third-order valence-electron chi connectivity index (χ3n) is 12.5. The first-order valence-electron chi connectivity index (χ1n) is 20.7. The summed E-state index contributed by atoms with van der Waals surface area (Å²) in [6, 6.07) is 26.7. The van der Waals surface area contributed by atoms with Crippen LogP contribution in [0.5, 0.6) is 0 Å². The van der Waals surface area contributed by atoms with Crippen LogP contribution >= 0.6 is 0 Å². The standard InChI is InChI=1S/C46H54N8O4/c1-52(2)41(35-14-8-5-9-15-35)45(56)54-27-11-17-39(54)43-48-29-37(50-43)33-24-20-31(21-25-33)30-18-22-32(23-19-30)36-28-47-42(49-36)38-16-10-26-53(38)44(55)40(51-46(57)58-3)34-12-6-4-7-13-34/h4-9,12-15,18-19,22-23,28-29,31,33,38-41H,10-11,16-17,20-21,24-27H2,1-3H3,(H,47,49)(H,48,50)(H,51,57)/t31?,33?,38-,39-,40+,41+/m0/s1. The number of alkyl carbamates (subject to hydrolysis) is 1. The maximum atomic E-state index is 13.9. The Hall–Kier alpha value is -5.75. The van der Waals surface area contributed by atoms with Gasteiger partial charge in [-0.3, -0.25) is 14.5 Å². The molecule has 4 heterocycles. The monoisotopic (exact) mass is 782 g/mol. The van der Waals surface area contributed by atoms with Crippen LogP contribution < -0.4 is 5.32 Å². The molecule has 12 nitrogen and oxygen atoms in total. The molecule has 3 fully saturated rings. The van der Waals surface area contributed by atoms with E-state index in [0.717, 1.165) is 86.4 Å². The molecule has 0 spiro atoms. The molecule has 1 saturated carbocycles. The van der Waals surface area contributed by atoms with Crippen LogP contribution in [0.2, 0.25) is 0 Å². The van der Waals surface area contributed by atoms with Crippen LogP contribution in [0.25, 0.3) is 11.3 Å². The molecule has 1 aliphatic carbocycles. The molecule has 8 rings (SSSR count). The molecule has 0 unspecified atom stereocenters. The largest absolute Gasteiger partial charge is 0.453 e. The van der Waals surface area contributed by atoms with Gasteiger partial charge in [-0.05, 0) is 93.6 Å². The van der Waals surface area contributed by atoms with Crippen molar-refractivity contribution < 1.29 is 19.1 Å². The molecule has 2 aromatic heterocycles. The molecule has 58 heavy (non-hydrogen) atoms. The van der Waals surface area contributed by atoms with Crippen molar-refractivity contribution in [3.8, 4) is 11.3 Å². The third-order valence-corrected chi connectivity index (χ3v) is 12.5. The molecular weight excluding hydrogens is 729 g/mol. The van der Waals surface area contributed by atoms with E-state index in [1.165, 1.54) is 18.4 Å². The number of hydrogen-bond acceptors (Lipinski definition) is 7. The lowest BCUT2D eigenvalue weighted by Gasteiger charge is -2.31. The van der Waals surface area contributed by atoms with Crippen LogP contribution in [0.15, 0.2) is 97.3 Å². The SMILES string of the molecule is COC(=O)N[C@@H](C(=O)N1CCC[C@H]1c1ncc(-c2ccc(C3CCC(c4cnc([C@@H]5CCCN5C(=O)[C@@H](c5ccccc5)N(C)C)[nH]4)CC3)cc2)[nH]1)c1ccccc1. The molecular formula is C46H54N8O4. The van der Waals surface area contributed by atoms with Gasteiger partial charge in [0.1, 0.15) is 23.7 Å². The number of H-pyrrole nitrogens is 2. The maximum absolute atomic E-state index is 13.9. The summed E-state index contributed by atoms with van der Waals surface area (Å²) >= 11 is 0. The predicted octanol–water partition coefficient (Wildman–Crippen LogP) is 7.97. The van der Waals surface area contributed by atoms with Crippen LogP contribution in [-0.2, 0) is 14.3 Å². The molecule has 3 N–H and O–H groups in total. The summed E-state index contributed by atoms with van der Waals surface area (Å²) in [4.78, 5) is 62.7. The van der Waals surface area contributed by atoms with Crippen molar-refractivity contribution in [2.24, 2.45) is 0 Å². The van der Waals surface area contributed by atoms with E-state index in [2.05, 4.69) is 39.6 Å². The molecule has 3 aliphatic rings. The Morgan fingerprint density at radius 1 is 0.707 bits per heavy atom. The number of carbonyl (C=O) groups is 3. The highest BCUT2D eigenvalue weighted by molar-refractivity contribution is 5.87. The third kappa shape index (κ3) is 8.16. The minimum absolute atomic E-state index is 0.0323. The number of ether oxygens (including phenoxy) is 1. The maximum Gasteiger partial charge on any atom is 0.407 e. The van der Waals surface area contributed by atoms with Gasteiger partial charge in [0.05, 0.1) is 31.1 Å². The Balaban J connectivity index is 0.878. The van der Waals surface area contributed by atoms with Gasteiger partial charge in [-0.15, -0.1) is 0 Å². The number of hydrogen-bond donors (Lipinski definition) is 3. The highest BCUT2D eigenvalue weighted by Gasteiger charge is 2.39. The van der Waals surface area contributed by atoms with Crippen LogP contribution in [0, 0.1) is 0 Å². The zero-order valence-electron chi connectivity index (χ0n) is 33.6. The highest BCUT2D eigenvalue weighted by Crippen LogP contribution is 2.42. The second-order valence-corrected chi connectivity index (χ2v) is 16.2. The number of amides is 3. The van der Waals surface area contributed by atoms with E-state index in [9.17, 15) is 14.4 Å². The molecule has 3 aromatic carbocycles. The van der Waals surface area contributed by atoms with Gasteiger partial charge in [-0.1, -0.05) is 84.9 Å². The number of nitrogens with zero attached hydrogens (tertiary/aromatic N) is 5. The Morgan fingerprint density at radius 2 is 1.28 bits per heavy atom. The topological polar surface area (TPSA) is 140 Å². The van der Waals surface area contributed by atoms with Gasteiger partial charge < -0.3 is 29.8 Å². The van der Waals surface area contributed by atoms with Crippen LogP contribution in [-0.4, -0.2) is 86.8 Å². The van der Waals surface area contributed by atoms with Gasteiger partial charge in [0.25, 0.3) is 5.91 Å². The van der Waals surface area contributed by atoms with E-state index in [4.69, 9.17) is 14.7 Å². The van der Waals surface area contributed by atoms with E-state index in [-0.39, 0.29) is 29.9 Å². The average molecular weight is 783 g/mol. The Kier molecular flexibility index (Phi) is 11.7. The number of likely N-dealkylation sites (N-methyl/N-ethyl adjacent to an activating group) is 1. The number of imidazole rings is 2. The quantitative estimate of drug-likeness (QED) is 0.124. The Labute approximate surface area is 340 Å². The number of likely N-dealkylation sites (tertiary alicyclic amines) is 2. The summed E-state index contributed by atoms with van der Waals surface area (Å²) < 4.78 is 4.84. The van der Waals surface area contributed by atoms with Crippen LogP contribution in [0.4, 0.5) is 4.79 Å². The van der Waals surface area contributed by atoms with E-state index in [1.807, 2.05) is 102 Å². The van der Waals surface area contributed by atoms with Gasteiger partial charge in [-0.25, -0.2) is 14.8 Å². The van der Waals surface area contributed by atoms with Gasteiger partial charge in [0.15, 0.2) is 0 Å². The first kappa shape index (κ1) is 39.1. The molecule has 302 valence electrons. The highest BCUT2D eigenvalue weighted by atomic mass is 16.5. The lowest BCUT2D eigenvalue weighted by atomic mass is 9.77. The van der Waals surface area contributed by atoms with Crippen molar-refractivity contribution in [3.63, 3.8) is 0 Å². The minimum Gasteiger partial charge on any atom is -0.453 e. The van der Waals surface area contributed by atoms with Crippen molar-refractivity contribution in [1.82, 2.24) is 40.0 Å². The first-order valence-corrected chi connectivity index (χ1v) is 20.7. The average Bonchev–Trinajstić information content (AvgIpc) is 4.11. The fraction of sp³-hybridized carbons (Fsp3) is 0.413.